The van der Waals surface area contributed by atoms with Crippen molar-refractivity contribution in [3.05, 3.63) is 59.9 Å². The number of aldehydes is 1. The normalized spacial score (nSPS) is 10.7. The maximum absolute atomic E-state index is 13.1. The zero-order chi connectivity index (χ0) is 14.1. The third-order valence-electron chi connectivity index (χ3n) is 2.70. The summed E-state index contributed by atoms with van der Waals surface area (Å²) in [6.07, 6.45) is 2.22. The van der Waals surface area contributed by atoms with Crippen LogP contribution in [0.4, 0.5) is 8.78 Å². The van der Waals surface area contributed by atoms with E-state index in [2.05, 4.69) is 4.98 Å². The molecule has 0 aliphatic carbocycles. The highest BCUT2D eigenvalue weighted by Crippen LogP contribution is 2.26. The number of hydrogen-bond acceptors (Lipinski definition) is 3. The van der Waals surface area contributed by atoms with Gasteiger partial charge in [0.1, 0.15) is 23.0 Å². The van der Waals surface area contributed by atoms with Gasteiger partial charge >= 0.3 is 0 Å². The van der Waals surface area contributed by atoms with Gasteiger partial charge in [-0.25, -0.2) is 8.78 Å². The highest BCUT2D eigenvalue weighted by molar-refractivity contribution is 5.78. The lowest BCUT2D eigenvalue weighted by molar-refractivity contribution is 0.111. The number of fused-ring (bicyclic) bond motifs is 1. The fourth-order valence-electron chi connectivity index (χ4n) is 1.87. The molecule has 0 radical (unpaired) electrons. The first-order valence-corrected chi connectivity index (χ1v) is 5.73. The third kappa shape index (κ3) is 2.11. The Hall–Kier alpha value is -2.76. The smallest absolute Gasteiger partial charge is 0.249 e. The Morgan fingerprint density at radius 2 is 1.90 bits per heavy atom. The average molecular weight is 274 g/mol. The van der Waals surface area contributed by atoms with Crippen LogP contribution in [0, 0.1) is 11.6 Å². The van der Waals surface area contributed by atoms with Crippen molar-refractivity contribution in [2.45, 2.75) is 0 Å². The molecule has 2 heterocycles. The zero-order valence-electron chi connectivity index (χ0n) is 10.1. The van der Waals surface area contributed by atoms with Gasteiger partial charge in [-0.2, -0.15) is 4.98 Å². The maximum atomic E-state index is 13.1. The first-order valence-electron chi connectivity index (χ1n) is 5.73. The number of halogens is 2. The van der Waals surface area contributed by atoms with Gasteiger partial charge in [0.05, 0.1) is 0 Å². The van der Waals surface area contributed by atoms with E-state index in [1.54, 1.807) is 24.4 Å². The standard InChI is InChI=1S/C14H8F2N2O2/c15-9-5-10(16)7-11(6-9)20-14-12(8-19)18-4-2-1-3-13(18)17-14/h1-8H. The first-order chi connectivity index (χ1) is 9.67. The molecule has 0 saturated heterocycles. The first kappa shape index (κ1) is 12.3. The van der Waals surface area contributed by atoms with Gasteiger partial charge < -0.3 is 4.74 Å². The number of aromatic nitrogens is 2. The van der Waals surface area contributed by atoms with Crippen LogP contribution in [0.1, 0.15) is 10.5 Å². The van der Waals surface area contributed by atoms with E-state index in [-0.39, 0.29) is 17.3 Å². The van der Waals surface area contributed by atoms with Crippen molar-refractivity contribution < 1.29 is 18.3 Å². The molecular weight excluding hydrogens is 266 g/mol. The summed E-state index contributed by atoms with van der Waals surface area (Å²) in [6.45, 7) is 0. The summed E-state index contributed by atoms with van der Waals surface area (Å²) < 4.78 is 33.0. The Bertz CT molecular complexity index is 779. The number of benzene rings is 1. The molecule has 0 amide bonds. The van der Waals surface area contributed by atoms with E-state index in [0.717, 1.165) is 18.2 Å². The summed E-state index contributed by atoms with van der Waals surface area (Å²) in [5, 5.41) is 0. The van der Waals surface area contributed by atoms with Crippen LogP contribution in [0.25, 0.3) is 5.65 Å². The predicted molar refractivity (Wildman–Crippen MR) is 67.0 cm³/mol. The van der Waals surface area contributed by atoms with Crippen molar-refractivity contribution in [2.75, 3.05) is 0 Å². The molecule has 100 valence electrons. The van der Waals surface area contributed by atoms with Gasteiger partial charge in [0.2, 0.25) is 5.88 Å². The summed E-state index contributed by atoms with van der Waals surface area (Å²) in [6, 6.07) is 7.93. The molecule has 2 aromatic heterocycles. The Morgan fingerprint density at radius 3 is 2.60 bits per heavy atom. The van der Waals surface area contributed by atoms with Crippen LogP contribution in [0.3, 0.4) is 0 Å². The molecule has 3 rings (SSSR count). The van der Waals surface area contributed by atoms with Crippen molar-refractivity contribution in [3.63, 3.8) is 0 Å². The quantitative estimate of drug-likeness (QED) is 0.689. The minimum absolute atomic E-state index is 0.00352. The van der Waals surface area contributed by atoms with E-state index >= 15 is 0 Å². The lowest BCUT2D eigenvalue weighted by atomic mass is 10.3. The van der Waals surface area contributed by atoms with Gasteiger partial charge in [0.15, 0.2) is 12.0 Å². The molecule has 6 heteroatoms. The minimum atomic E-state index is -0.767. The summed E-state index contributed by atoms with van der Waals surface area (Å²) in [5.74, 6) is -1.60. The van der Waals surface area contributed by atoms with Crippen LogP contribution in [0.5, 0.6) is 11.6 Å². The molecule has 4 nitrogen and oxygen atoms in total. The lowest BCUT2D eigenvalue weighted by Crippen LogP contribution is -1.93. The fraction of sp³-hybridized carbons (Fsp3) is 0. The number of imidazole rings is 1. The number of rotatable bonds is 3. The molecule has 3 aromatic rings. The zero-order valence-corrected chi connectivity index (χ0v) is 10.1. The molecule has 1 aromatic carbocycles. The second kappa shape index (κ2) is 4.73. The highest BCUT2D eigenvalue weighted by atomic mass is 19.1. The fourth-order valence-corrected chi connectivity index (χ4v) is 1.87. The van der Waals surface area contributed by atoms with Crippen molar-refractivity contribution in [1.82, 2.24) is 9.38 Å². The maximum Gasteiger partial charge on any atom is 0.249 e. The third-order valence-corrected chi connectivity index (χ3v) is 2.70. The van der Waals surface area contributed by atoms with Gasteiger partial charge in [-0.1, -0.05) is 6.07 Å². The number of carbonyl (C=O) groups is 1. The largest absolute Gasteiger partial charge is 0.437 e. The van der Waals surface area contributed by atoms with Gasteiger partial charge in [-0.05, 0) is 12.1 Å². The molecule has 20 heavy (non-hydrogen) atoms. The van der Waals surface area contributed by atoms with Crippen LogP contribution < -0.4 is 4.74 Å². The molecule has 0 saturated carbocycles. The van der Waals surface area contributed by atoms with Crippen molar-refractivity contribution in [1.29, 1.82) is 0 Å². The Kier molecular flexibility index (Phi) is 2.90. The number of carbonyl (C=O) groups excluding carboxylic acids is 1. The van der Waals surface area contributed by atoms with Gasteiger partial charge in [0.25, 0.3) is 0 Å². The van der Waals surface area contributed by atoms with Crippen molar-refractivity contribution in [3.8, 4) is 11.6 Å². The molecule has 0 unspecified atom stereocenters. The molecule has 0 bridgehead atoms. The van der Waals surface area contributed by atoms with E-state index in [1.165, 1.54) is 4.40 Å². The molecular formula is C14H8F2N2O2. The van der Waals surface area contributed by atoms with Gasteiger partial charge in [-0.3, -0.25) is 9.20 Å². The SMILES string of the molecule is O=Cc1c(Oc2cc(F)cc(F)c2)nc2ccccn12. The van der Waals surface area contributed by atoms with E-state index in [1.807, 2.05) is 0 Å². The summed E-state index contributed by atoms with van der Waals surface area (Å²) in [7, 11) is 0. The minimum Gasteiger partial charge on any atom is -0.437 e. The van der Waals surface area contributed by atoms with E-state index in [0.29, 0.717) is 11.9 Å². The Labute approximate surface area is 112 Å². The Morgan fingerprint density at radius 1 is 1.15 bits per heavy atom. The van der Waals surface area contributed by atoms with Gasteiger partial charge in [0, 0.05) is 24.4 Å². The van der Waals surface area contributed by atoms with E-state index < -0.39 is 11.6 Å². The molecule has 0 atom stereocenters. The van der Waals surface area contributed by atoms with Gasteiger partial charge in [-0.15, -0.1) is 0 Å². The Balaban J connectivity index is 2.08. The monoisotopic (exact) mass is 274 g/mol. The lowest BCUT2D eigenvalue weighted by Gasteiger charge is -2.03. The van der Waals surface area contributed by atoms with E-state index in [9.17, 15) is 13.6 Å². The number of ether oxygens (including phenoxy) is 1. The molecule has 0 N–H and O–H groups in total. The second-order valence-electron chi connectivity index (χ2n) is 4.06. The van der Waals surface area contributed by atoms with Crippen LogP contribution in [-0.2, 0) is 0 Å². The summed E-state index contributed by atoms with van der Waals surface area (Å²) in [4.78, 5) is 15.2. The van der Waals surface area contributed by atoms with Crippen molar-refractivity contribution in [2.24, 2.45) is 0 Å². The summed E-state index contributed by atoms with van der Waals surface area (Å²) in [5.41, 5.74) is 0.673. The molecule has 0 spiro atoms. The molecule has 0 aliphatic rings. The van der Waals surface area contributed by atoms with Crippen LogP contribution in [0.2, 0.25) is 0 Å². The van der Waals surface area contributed by atoms with Crippen molar-refractivity contribution >= 4 is 11.9 Å². The average Bonchev–Trinajstić information content (AvgIpc) is 2.74. The number of pyridine rings is 1. The van der Waals surface area contributed by atoms with Crippen LogP contribution in [-0.4, -0.2) is 15.7 Å². The second-order valence-corrected chi connectivity index (χ2v) is 4.06. The van der Waals surface area contributed by atoms with E-state index in [4.69, 9.17) is 4.74 Å². The predicted octanol–water partition coefficient (Wildman–Crippen LogP) is 3.22. The van der Waals surface area contributed by atoms with Crippen LogP contribution in [0.15, 0.2) is 42.6 Å². The topological polar surface area (TPSA) is 43.6 Å². The van der Waals surface area contributed by atoms with Crippen LogP contribution >= 0.6 is 0 Å². The highest BCUT2D eigenvalue weighted by Gasteiger charge is 2.14. The molecule has 0 aliphatic heterocycles. The number of hydrogen-bond donors (Lipinski definition) is 0. The summed E-state index contributed by atoms with van der Waals surface area (Å²) >= 11 is 0. The number of nitrogens with zero attached hydrogens (tertiary/aromatic N) is 2. The molecule has 0 fully saturated rings.